The minimum absolute atomic E-state index is 0.00954. The van der Waals surface area contributed by atoms with E-state index in [-0.39, 0.29) is 22.4 Å². The third kappa shape index (κ3) is 5.38. The highest BCUT2D eigenvalue weighted by atomic mass is 79.9. The zero-order valence-corrected chi connectivity index (χ0v) is 17.3. The third-order valence-electron chi connectivity index (χ3n) is 4.15. The fraction of sp³-hybridized carbons (Fsp3) is 0.316. The van der Waals surface area contributed by atoms with E-state index in [0.717, 1.165) is 24.0 Å². The van der Waals surface area contributed by atoms with Crippen molar-refractivity contribution in [3.8, 4) is 0 Å². The van der Waals surface area contributed by atoms with Gasteiger partial charge in [0.1, 0.15) is 0 Å². The summed E-state index contributed by atoms with van der Waals surface area (Å²) >= 11 is 3.33. The average Bonchev–Trinajstić information content (AvgIpc) is 3.44. The standard InChI is InChI=1S/C19H21BrN2O4S/c1-26-12-14-4-2-3-13(9-14)11-21-19(23)17-10-16(7-8-18(17)20)27(24,25)22-15-5-6-15/h2-4,7-10,15,22H,5-6,11-12H2,1H3,(H,21,23). The molecule has 2 aromatic rings. The molecular weight excluding hydrogens is 432 g/mol. The van der Waals surface area contributed by atoms with Crippen molar-refractivity contribution in [2.45, 2.75) is 36.9 Å². The maximum absolute atomic E-state index is 12.6. The first-order valence-electron chi connectivity index (χ1n) is 8.56. The highest BCUT2D eigenvalue weighted by Gasteiger charge is 2.28. The second-order valence-electron chi connectivity index (χ2n) is 6.47. The molecule has 1 saturated carbocycles. The Labute approximate surface area is 167 Å². The molecule has 0 spiro atoms. The maximum atomic E-state index is 12.6. The quantitative estimate of drug-likeness (QED) is 0.644. The number of benzene rings is 2. The predicted octanol–water partition coefficient (Wildman–Crippen LogP) is 2.97. The van der Waals surface area contributed by atoms with E-state index in [2.05, 4.69) is 26.0 Å². The third-order valence-corrected chi connectivity index (χ3v) is 6.36. The smallest absolute Gasteiger partial charge is 0.252 e. The molecule has 2 N–H and O–H groups in total. The number of ether oxygens (including phenoxy) is 1. The first kappa shape index (κ1) is 20.0. The van der Waals surface area contributed by atoms with E-state index in [0.29, 0.717) is 17.6 Å². The number of hydrogen-bond donors (Lipinski definition) is 2. The number of methoxy groups -OCH3 is 1. The van der Waals surface area contributed by atoms with Gasteiger partial charge < -0.3 is 10.1 Å². The van der Waals surface area contributed by atoms with E-state index >= 15 is 0 Å². The number of amides is 1. The number of carbonyl (C=O) groups excluding carboxylic acids is 1. The Bertz CT molecular complexity index is 942. The maximum Gasteiger partial charge on any atom is 0.252 e. The molecule has 0 aliphatic heterocycles. The van der Waals surface area contributed by atoms with Crippen LogP contribution in [0.2, 0.25) is 0 Å². The van der Waals surface area contributed by atoms with Crippen molar-refractivity contribution in [1.29, 1.82) is 0 Å². The van der Waals surface area contributed by atoms with Gasteiger partial charge in [0.05, 0.1) is 17.1 Å². The fourth-order valence-corrected chi connectivity index (χ4v) is 4.37. The summed E-state index contributed by atoms with van der Waals surface area (Å²) in [7, 11) is -1.98. The van der Waals surface area contributed by atoms with Crippen LogP contribution in [0.1, 0.15) is 34.3 Å². The molecule has 2 aromatic carbocycles. The largest absolute Gasteiger partial charge is 0.380 e. The summed E-state index contributed by atoms with van der Waals surface area (Å²) in [5.74, 6) is -0.345. The molecule has 6 nitrogen and oxygen atoms in total. The minimum Gasteiger partial charge on any atom is -0.380 e. The van der Waals surface area contributed by atoms with Crippen LogP contribution in [0.5, 0.6) is 0 Å². The van der Waals surface area contributed by atoms with Gasteiger partial charge in [-0.2, -0.15) is 0 Å². The van der Waals surface area contributed by atoms with Crippen LogP contribution in [0.15, 0.2) is 51.8 Å². The first-order chi connectivity index (χ1) is 12.9. The lowest BCUT2D eigenvalue weighted by Gasteiger charge is -2.11. The second-order valence-corrected chi connectivity index (χ2v) is 9.04. The average molecular weight is 453 g/mol. The van der Waals surface area contributed by atoms with Gasteiger partial charge in [-0.3, -0.25) is 4.79 Å². The van der Waals surface area contributed by atoms with Crippen LogP contribution in [-0.2, 0) is 27.9 Å². The number of carbonyl (C=O) groups is 1. The van der Waals surface area contributed by atoms with Crippen molar-refractivity contribution in [3.05, 3.63) is 63.6 Å². The lowest BCUT2D eigenvalue weighted by atomic mass is 10.1. The number of hydrogen-bond acceptors (Lipinski definition) is 4. The molecule has 0 bridgehead atoms. The van der Waals surface area contributed by atoms with Crippen LogP contribution in [0.4, 0.5) is 0 Å². The highest BCUT2D eigenvalue weighted by molar-refractivity contribution is 9.10. The molecule has 0 heterocycles. The van der Waals surface area contributed by atoms with Gasteiger partial charge in [-0.1, -0.05) is 24.3 Å². The Hall–Kier alpha value is -1.74. The van der Waals surface area contributed by atoms with E-state index in [1.165, 1.54) is 12.1 Å². The van der Waals surface area contributed by atoms with Gasteiger partial charge in [0.25, 0.3) is 5.91 Å². The van der Waals surface area contributed by atoms with Gasteiger partial charge in [0.2, 0.25) is 10.0 Å². The van der Waals surface area contributed by atoms with Crippen LogP contribution in [0.3, 0.4) is 0 Å². The topological polar surface area (TPSA) is 84.5 Å². The second kappa shape index (κ2) is 8.52. The van der Waals surface area contributed by atoms with Gasteiger partial charge in [0.15, 0.2) is 0 Å². The van der Waals surface area contributed by atoms with E-state index in [1.807, 2.05) is 24.3 Å². The summed E-state index contributed by atoms with van der Waals surface area (Å²) in [5, 5.41) is 2.83. The molecule has 3 rings (SSSR count). The molecular formula is C19H21BrN2O4S. The van der Waals surface area contributed by atoms with Crippen molar-refractivity contribution in [1.82, 2.24) is 10.0 Å². The lowest BCUT2D eigenvalue weighted by molar-refractivity contribution is 0.0950. The summed E-state index contributed by atoms with van der Waals surface area (Å²) in [6.07, 6.45) is 1.70. The molecule has 0 saturated heterocycles. The molecule has 8 heteroatoms. The fourth-order valence-electron chi connectivity index (χ4n) is 2.61. The summed E-state index contributed by atoms with van der Waals surface area (Å²) < 4.78 is 33.0. The summed E-state index contributed by atoms with van der Waals surface area (Å²) in [4.78, 5) is 12.7. The van der Waals surface area contributed by atoms with E-state index in [9.17, 15) is 13.2 Å². The molecule has 144 valence electrons. The van der Waals surface area contributed by atoms with Crippen molar-refractivity contribution in [2.75, 3.05) is 7.11 Å². The van der Waals surface area contributed by atoms with Crippen LogP contribution < -0.4 is 10.0 Å². The predicted molar refractivity (Wildman–Crippen MR) is 106 cm³/mol. The Kier molecular flexibility index (Phi) is 6.31. The normalized spacial score (nSPS) is 14.1. The van der Waals surface area contributed by atoms with Gasteiger partial charge in [-0.05, 0) is 58.1 Å². The van der Waals surface area contributed by atoms with Gasteiger partial charge in [-0.25, -0.2) is 13.1 Å². The number of halogens is 1. The molecule has 1 aliphatic carbocycles. The van der Waals surface area contributed by atoms with E-state index < -0.39 is 10.0 Å². The number of rotatable bonds is 8. The molecule has 0 unspecified atom stereocenters. The Morgan fingerprint density at radius 2 is 1.93 bits per heavy atom. The molecule has 27 heavy (non-hydrogen) atoms. The number of sulfonamides is 1. The van der Waals surface area contributed by atoms with Crippen molar-refractivity contribution >= 4 is 31.9 Å². The lowest BCUT2D eigenvalue weighted by Crippen LogP contribution is -2.27. The van der Waals surface area contributed by atoms with Crippen molar-refractivity contribution in [2.24, 2.45) is 0 Å². The van der Waals surface area contributed by atoms with Crippen LogP contribution in [-0.4, -0.2) is 27.5 Å². The molecule has 0 aromatic heterocycles. The first-order valence-corrected chi connectivity index (χ1v) is 10.8. The van der Waals surface area contributed by atoms with Crippen LogP contribution in [0.25, 0.3) is 0 Å². The number of nitrogens with one attached hydrogen (secondary N) is 2. The van der Waals surface area contributed by atoms with Crippen molar-refractivity contribution in [3.63, 3.8) is 0 Å². The summed E-state index contributed by atoms with van der Waals surface area (Å²) in [6, 6.07) is 12.2. The molecule has 1 fully saturated rings. The highest BCUT2D eigenvalue weighted by Crippen LogP contribution is 2.25. The van der Waals surface area contributed by atoms with E-state index in [1.54, 1.807) is 13.2 Å². The summed E-state index contributed by atoms with van der Waals surface area (Å²) in [6.45, 7) is 0.835. The van der Waals surface area contributed by atoms with Gasteiger partial charge in [0, 0.05) is 24.2 Å². The van der Waals surface area contributed by atoms with Crippen molar-refractivity contribution < 1.29 is 17.9 Å². The molecule has 0 atom stereocenters. The Morgan fingerprint density at radius 1 is 1.19 bits per heavy atom. The van der Waals surface area contributed by atoms with Gasteiger partial charge in [-0.15, -0.1) is 0 Å². The van der Waals surface area contributed by atoms with E-state index in [4.69, 9.17) is 4.74 Å². The Morgan fingerprint density at radius 3 is 2.63 bits per heavy atom. The zero-order valence-electron chi connectivity index (χ0n) is 14.9. The minimum atomic E-state index is -3.61. The molecule has 1 aliphatic rings. The monoisotopic (exact) mass is 452 g/mol. The van der Waals surface area contributed by atoms with Crippen LogP contribution in [0, 0.1) is 0 Å². The molecule has 0 radical (unpaired) electrons. The zero-order chi connectivity index (χ0) is 19.4. The van der Waals surface area contributed by atoms with Gasteiger partial charge >= 0.3 is 0 Å². The SMILES string of the molecule is COCc1cccc(CNC(=O)c2cc(S(=O)(=O)NC3CC3)ccc2Br)c1. The summed E-state index contributed by atoms with van der Waals surface area (Å²) in [5.41, 5.74) is 2.24. The molecule has 1 amide bonds. The Balaban J connectivity index is 1.72. The van der Waals surface area contributed by atoms with Crippen LogP contribution >= 0.6 is 15.9 Å².